The van der Waals surface area contributed by atoms with E-state index in [9.17, 15) is 9.59 Å². The Labute approximate surface area is 135 Å². The van der Waals surface area contributed by atoms with Gasteiger partial charge < -0.3 is 14.8 Å². The molecule has 1 saturated heterocycles. The van der Waals surface area contributed by atoms with E-state index in [1.165, 1.54) is 13.3 Å². The molecule has 0 spiro atoms. The third kappa shape index (κ3) is 3.52. The minimum atomic E-state index is -0.106. The van der Waals surface area contributed by atoms with Crippen molar-refractivity contribution in [1.82, 2.24) is 19.8 Å². The number of para-hydroxylation sites is 2. The van der Waals surface area contributed by atoms with Gasteiger partial charge >= 0.3 is 0 Å². The summed E-state index contributed by atoms with van der Waals surface area (Å²) in [6.45, 7) is 3.76. The average molecular weight is 314 g/mol. The molecule has 6 nitrogen and oxygen atoms in total. The van der Waals surface area contributed by atoms with Crippen LogP contribution in [0, 0.1) is 0 Å². The lowest BCUT2D eigenvalue weighted by molar-refractivity contribution is -0.132. The van der Waals surface area contributed by atoms with E-state index in [1.807, 2.05) is 33.7 Å². The van der Waals surface area contributed by atoms with Gasteiger partial charge in [0.2, 0.25) is 11.8 Å². The number of nitrogens with one attached hydrogen (secondary N) is 1. The van der Waals surface area contributed by atoms with Gasteiger partial charge in [0.05, 0.1) is 17.6 Å². The normalized spacial score (nSPS) is 14.9. The molecule has 1 aliphatic rings. The lowest BCUT2D eigenvalue weighted by atomic mass is 10.1. The SMILES string of the molecule is CC(=O)NCc1nc2ccccc2n1CC(=O)N1CCCCC1. The summed E-state index contributed by atoms with van der Waals surface area (Å²) in [7, 11) is 0. The van der Waals surface area contributed by atoms with E-state index in [0.29, 0.717) is 12.4 Å². The maximum Gasteiger partial charge on any atom is 0.242 e. The molecule has 2 aromatic rings. The highest BCUT2D eigenvalue weighted by Crippen LogP contribution is 2.17. The number of hydrogen-bond donors (Lipinski definition) is 1. The lowest BCUT2D eigenvalue weighted by Gasteiger charge is -2.27. The molecule has 3 rings (SSSR count). The van der Waals surface area contributed by atoms with E-state index >= 15 is 0 Å². The molecule has 2 amide bonds. The fourth-order valence-corrected chi connectivity index (χ4v) is 3.02. The number of likely N-dealkylation sites (tertiary alicyclic amines) is 1. The van der Waals surface area contributed by atoms with Crippen LogP contribution < -0.4 is 5.32 Å². The Hall–Kier alpha value is -2.37. The zero-order valence-electron chi connectivity index (χ0n) is 13.4. The predicted octanol–water partition coefficient (Wildman–Crippen LogP) is 1.68. The zero-order chi connectivity index (χ0) is 16.2. The maximum atomic E-state index is 12.6. The van der Waals surface area contributed by atoms with Crippen molar-refractivity contribution in [2.24, 2.45) is 0 Å². The number of imidazole rings is 1. The van der Waals surface area contributed by atoms with Gasteiger partial charge in [0.25, 0.3) is 0 Å². The summed E-state index contributed by atoms with van der Waals surface area (Å²) in [4.78, 5) is 30.3. The quantitative estimate of drug-likeness (QED) is 0.934. The number of carbonyl (C=O) groups excluding carboxylic acids is 2. The van der Waals surface area contributed by atoms with Crippen LogP contribution in [0.4, 0.5) is 0 Å². The minimum Gasteiger partial charge on any atom is -0.349 e. The number of benzene rings is 1. The third-order valence-electron chi connectivity index (χ3n) is 4.23. The molecule has 0 bridgehead atoms. The number of rotatable bonds is 4. The lowest BCUT2D eigenvalue weighted by Crippen LogP contribution is -2.38. The number of piperidine rings is 1. The summed E-state index contributed by atoms with van der Waals surface area (Å²) >= 11 is 0. The second kappa shape index (κ2) is 6.81. The molecule has 0 atom stereocenters. The van der Waals surface area contributed by atoms with Gasteiger partial charge in [-0.05, 0) is 31.4 Å². The maximum absolute atomic E-state index is 12.6. The first-order valence-electron chi connectivity index (χ1n) is 8.11. The van der Waals surface area contributed by atoms with Crippen molar-refractivity contribution >= 4 is 22.8 Å². The van der Waals surface area contributed by atoms with E-state index in [0.717, 1.165) is 37.0 Å². The monoisotopic (exact) mass is 314 g/mol. The molecule has 122 valence electrons. The highest BCUT2D eigenvalue weighted by atomic mass is 16.2. The van der Waals surface area contributed by atoms with Gasteiger partial charge in [-0.1, -0.05) is 12.1 Å². The van der Waals surface area contributed by atoms with Gasteiger partial charge in [0.15, 0.2) is 0 Å². The molecule has 0 aliphatic carbocycles. The van der Waals surface area contributed by atoms with Crippen LogP contribution in [0.2, 0.25) is 0 Å². The van der Waals surface area contributed by atoms with Crippen LogP contribution in [-0.4, -0.2) is 39.4 Å². The molecule has 1 aromatic heterocycles. The smallest absolute Gasteiger partial charge is 0.242 e. The van der Waals surface area contributed by atoms with Crippen molar-refractivity contribution in [2.45, 2.75) is 39.3 Å². The topological polar surface area (TPSA) is 67.2 Å². The third-order valence-corrected chi connectivity index (χ3v) is 4.23. The Balaban J connectivity index is 1.85. The Morgan fingerprint density at radius 3 is 2.65 bits per heavy atom. The van der Waals surface area contributed by atoms with Gasteiger partial charge in [-0.3, -0.25) is 9.59 Å². The van der Waals surface area contributed by atoms with E-state index < -0.39 is 0 Å². The molecule has 2 heterocycles. The molecular weight excluding hydrogens is 292 g/mol. The van der Waals surface area contributed by atoms with Crippen molar-refractivity contribution in [1.29, 1.82) is 0 Å². The fourth-order valence-electron chi connectivity index (χ4n) is 3.02. The molecule has 1 aromatic carbocycles. The van der Waals surface area contributed by atoms with Crippen molar-refractivity contribution in [3.8, 4) is 0 Å². The largest absolute Gasteiger partial charge is 0.349 e. The van der Waals surface area contributed by atoms with Gasteiger partial charge in [0.1, 0.15) is 12.4 Å². The van der Waals surface area contributed by atoms with Gasteiger partial charge in [-0.25, -0.2) is 4.98 Å². The van der Waals surface area contributed by atoms with E-state index in [2.05, 4.69) is 10.3 Å². The first-order chi connectivity index (χ1) is 11.1. The number of hydrogen-bond acceptors (Lipinski definition) is 3. The van der Waals surface area contributed by atoms with Crippen molar-refractivity contribution < 1.29 is 9.59 Å². The molecule has 1 aliphatic heterocycles. The summed E-state index contributed by atoms with van der Waals surface area (Å²) in [6, 6.07) is 7.75. The number of amides is 2. The predicted molar refractivity (Wildman–Crippen MR) is 87.7 cm³/mol. The van der Waals surface area contributed by atoms with Gasteiger partial charge in [0, 0.05) is 20.0 Å². The highest BCUT2D eigenvalue weighted by molar-refractivity contribution is 5.81. The highest BCUT2D eigenvalue weighted by Gasteiger charge is 2.19. The first kappa shape index (κ1) is 15.5. The number of fused-ring (bicyclic) bond motifs is 1. The van der Waals surface area contributed by atoms with E-state index in [1.54, 1.807) is 0 Å². The molecule has 0 unspecified atom stereocenters. The molecule has 23 heavy (non-hydrogen) atoms. The Morgan fingerprint density at radius 1 is 1.17 bits per heavy atom. The second-order valence-electron chi connectivity index (χ2n) is 5.95. The molecule has 0 saturated carbocycles. The summed E-state index contributed by atoms with van der Waals surface area (Å²) in [5.41, 5.74) is 1.78. The van der Waals surface area contributed by atoms with E-state index in [-0.39, 0.29) is 18.4 Å². The van der Waals surface area contributed by atoms with Crippen LogP contribution in [0.5, 0.6) is 0 Å². The van der Waals surface area contributed by atoms with Crippen LogP contribution in [-0.2, 0) is 22.7 Å². The zero-order valence-corrected chi connectivity index (χ0v) is 13.4. The van der Waals surface area contributed by atoms with Crippen LogP contribution in [0.15, 0.2) is 24.3 Å². The summed E-state index contributed by atoms with van der Waals surface area (Å²) in [5.74, 6) is 0.731. The fraction of sp³-hybridized carbons (Fsp3) is 0.471. The standard InChI is InChI=1S/C17H22N4O2/c1-13(22)18-11-16-19-14-7-3-4-8-15(14)21(16)12-17(23)20-9-5-2-6-10-20/h3-4,7-8H,2,5-6,9-12H2,1H3,(H,18,22). The van der Waals surface area contributed by atoms with Crippen molar-refractivity contribution in [2.75, 3.05) is 13.1 Å². The van der Waals surface area contributed by atoms with Crippen LogP contribution in [0.25, 0.3) is 11.0 Å². The van der Waals surface area contributed by atoms with Gasteiger partial charge in [-0.15, -0.1) is 0 Å². The van der Waals surface area contributed by atoms with Crippen LogP contribution in [0.3, 0.4) is 0 Å². The van der Waals surface area contributed by atoms with Crippen molar-refractivity contribution in [3.05, 3.63) is 30.1 Å². The second-order valence-corrected chi connectivity index (χ2v) is 5.95. The molecule has 1 fully saturated rings. The number of nitrogens with zero attached hydrogens (tertiary/aromatic N) is 3. The Morgan fingerprint density at radius 2 is 1.91 bits per heavy atom. The first-order valence-corrected chi connectivity index (χ1v) is 8.11. The Bertz CT molecular complexity index is 716. The molecule has 6 heteroatoms. The summed E-state index contributed by atoms with van der Waals surface area (Å²) in [6.07, 6.45) is 3.36. The van der Waals surface area contributed by atoms with Gasteiger partial charge in [-0.2, -0.15) is 0 Å². The molecule has 1 N–H and O–H groups in total. The minimum absolute atomic E-state index is 0.106. The molecular formula is C17H22N4O2. The van der Waals surface area contributed by atoms with E-state index in [4.69, 9.17) is 0 Å². The Kier molecular flexibility index (Phi) is 4.60. The number of aromatic nitrogens is 2. The van der Waals surface area contributed by atoms with Crippen molar-refractivity contribution in [3.63, 3.8) is 0 Å². The molecule has 0 radical (unpaired) electrons. The number of carbonyl (C=O) groups is 2. The van der Waals surface area contributed by atoms with Crippen LogP contribution >= 0.6 is 0 Å². The average Bonchev–Trinajstić information content (AvgIpc) is 2.91. The van der Waals surface area contributed by atoms with Crippen LogP contribution in [0.1, 0.15) is 32.0 Å². The summed E-state index contributed by atoms with van der Waals surface area (Å²) < 4.78 is 1.92. The summed E-state index contributed by atoms with van der Waals surface area (Å²) in [5, 5.41) is 2.77.